The molecule has 3 unspecified atom stereocenters. The van der Waals surface area contributed by atoms with Crippen LogP contribution in [0.1, 0.15) is 65.7 Å². The molecule has 0 saturated heterocycles. The number of unbranched alkanes of at least 4 members (excludes halogenated alkanes) is 1. The van der Waals surface area contributed by atoms with Crippen molar-refractivity contribution < 1.29 is 9.84 Å². The average molecular weight is 242 g/mol. The van der Waals surface area contributed by atoms with Crippen LogP contribution in [0.3, 0.4) is 0 Å². The zero-order chi connectivity index (χ0) is 12.7. The molecule has 0 radical (unpaired) electrons. The lowest BCUT2D eigenvalue weighted by molar-refractivity contribution is -0.0540. The van der Waals surface area contributed by atoms with Crippen LogP contribution in [0.15, 0.2) is 0 Å². The maximum absolute atomic E-state index is 10.3. The Hall–Kier alpha value is -0.0800. The SMILES string of the molecule is CCCCC(CC)CC(O)C(OCC)C1CC1. The first-order valence-corrected chi connectivity index (χ1v) is 7.52. The first-order chi connectivity index (χ1) is 8.22. The van der Waals surface area contributed by atoms with E-state index >= 15 is 0 Å². The summed E-state index contributed by atoms with van der Waals surface area (Å²) in [5, 5.41) is 10.3. The van der Waals surface area contributed by atoms with Gasteiger partial charge in [0.05, 0.1) is 12.2 Å². The van der Waals surface area contributed by atoms with Gasteiger partial charge in [-0.2, -0.15) is 0 Å². The highest BCUT2D eigenvalue weighted by molar-refractivity contribution is 4.87. The molecule has 0 aromatic heterocycles. The van der Waals surface area contributed by atoms with E-state index in [1.807, 2.05) is 6.92 Å². The minimum absolute atomic E-state index is 0.107. The van der Waals surface area contributed by atoms with Gasteiger partial charge in [0.2, 0.25) is 0 Å². The Labute approximate surface area is 107 Å². The van der Waals surface area contributed by atoms with Gasteiger partial charge in [-0.3, -0.25) is 0 Å². The molecule has 1 fully saturated rings. The zero-order valence-electron chi connectivity index (χ0n) is 11.8. The van der Waals surface area contributed by atoms with E-state index in [9.17, 15) is 5.11 Å². The van der Waals surface area contributed by atoms with Gasteiger partial charge in [-0.1, -0.05) is 39.5 Å². The molecule has 1 aliphatic rings. The largest absolute Gasteiger partial charge is 0.390 e. The van der Waals surface area contributed by atoms with Gasteiger partial charge < -0.3 is 9.84 Å². The number of aliphatic hydroxyl groups excluding tert-OH is 1. The van der Waals surface area contributed by atoms with E-state index < -0.39 is 0 Å². The predicted molar refractivity (Wildman–Crippen MR) is 72.1 cm³/mol. The van der Waals surface area contributed by atoms with Crippen molar-refractivity contribution in [3.8, 4) is 0 Å². The van der Waals surface area contributed by atoms with Crippen molar-refractivity contribution in [2.45, 2.75) is 77.9 Å². The summed E-state index contributed by atoms with van der Waals surface area (Å²) < 4.78 is 5.73. The Morgan fingerprint density at radius 2 is 1.94 bits per heavy atom. The van der Waals surface area contributed by atoms with Crippen LogP contribution in [0.5, 0.6) is 0 Å². The zero-order valence-corrected chi connectivity index (χ0v) is 11.8. The quantitative estimate of drug-likeness (QED) is 0.632. The van der Waals surface area contributed by atoms with Crippen LogP contribution in [-0.4, -0.2) is 23.9 Å². The van der Waals surface area contributed by atoms with Gasteiger partial charge in [0, 0.05) is 6.61 Å². The normalized spacial score (nSPS) is 21.2. The third kappa shape index (κ3) is 5.39. The van der Waals surface area contributed by atoms with Crippen LogP contribution in [-0.2, 0) is 4.74 Å². The Bertz CT molecular complexity index is 189. The average Bonchev–Trinajstić information content (AvgIpc) is 3.15. The molecule has 0 aromatic rings. The third-order valence-electron chi connectivity index (χ3n) is 3.94. The molecule has 17 heavy (non-hydrogen) atoms. The number of hydrogen-bond acceptors (Lipinski definition) is 2. The number of rotatable bonds is 10. The number of aliphatic hydroxyl groups is 1. The minimum Gasteiger partial charge on any atom is -0.390 e. The van der Waals surface area contributed by atoms with E-state index in [-0.39, 0.29) is 12.2 Å². The topological polar surface area (TPSA) is 29.5 Å². The summed E-state index contributed by atoms with van der Waals surface area (Å²) in [7, 11) is 0. The lowest BCUT2D eigenvalue weighted by Crippen LogP contribution is -2.33. The van der Waals surface area contributed by atoms with Gasteiger partial charge >= 0.3 is 0 Å². The molecule has 0 heterocycles. The van der Waals surface area contributed by atoms with Crippen molar-refractivity contribution in [2.75, 3.05) is 6.61 Å². The molecule has 3 atom stereocenters. The molecule has 1 saturated carbocycles. The lowest BCUT2D eigenvalue weighted by Gasteiger charge is -2.26. The van der Waals surface area contributed by atoms with Crippen molar-refractivity contribution in [3.63, 3.8) is 0 Å². The standard InChI is InChI=1S/C15H30O2/c1-4-7-8-12(5-2)11-14(16)15(17-6-3)13-9-10-13/h12-16H,4-11H2,1-3H3. The molecule has 0 spiro atoms. The second-order valence-corrected chi connectivity index (χ2v) is 5.48. The van der Waals surface area contributed by atoms with Crippen molar-refractivity contribution in [2.24, 2.45) is 11.8 Å². The fraction of sp³-hybridized carbons (Fsp3) is 1.00. The molecule has 1 rings (SSSR count). The van der Waals surface area contributed by atoms with Crippen molar-refractivity contribution in [3.05, 3.63) is 0 Å². The van der Waals surface area contributed by atoms with Crippen LogP contribution < -0.4 is 0 Å². The van der Waals surface area contributed by atoms with E-state index in [1.165, 1.54) is 38.5 Å². The van der Waals surface area contributed by atoms with Crippen molar-refractivity contribution in [1.82, 2.24) is 0 Å². The van der Waals surface area contributed by atoms with Crippen LogP contribution in [0, 0.1) is 11.8 Å². The van der Waals surface area contributed by atoms with Crippen LogP contribution >= 0.6 is 0 Å². The molecular weight excluding hydrogens is 212 g/mol. The highest BCUT2D eigenvalue weighted by atomic mass is 16.5. The van der Waals surface area contributed by atoms with E-state index in [1.54, 1.807) is 0 Å². The Morgan fingerprint density at radius 3 is 2.41 bits per heavy atom. The van der Waals surface area contributed by atoms with Crippen LogP contribution in [0.4, 0.5) is 0 Å². The first-order valence-electron chi connectivity index (χ1n) is 7.52. The predicted octanol–water partition coefficient (Wildman–Crippen LogP) is 3.77. The molecule has 1 aliphatic carbocycles. The Morgan fingerprint density at radius 1 is 1.24 bits per heavy atom. The smallest absolute Gasteiger partial charge is 0.0861 e. The van der Waals surface area contributed by atoms with Crippen LogP contribution in [0.2, 0.25) is 0 Å². The van der Waals surface area contributed by atoms with Gasteiger partial charge in [0.1, 0.15) is 0 Å². The summed E-state index contributed by atoms with van der Waals surface area (Å²) in [6, 6.07) is 0. The third-order valence-corrected chi connectivity index (χ3v) is 3.94. The van der Waals surface area contributed by atoms with Gasteiger partial charge in [0.15, 0.2) is 0 Å². The molecule has 102 valence electrons. The van der Waals surface area contributed by atoms with E-state index in [2.05, 4.69) is 13.8 Å². The monoisotopic (exact) mass is 242 g/mol. The molecule has 2 heteroatoms. The highest BCUT2D eigenvalue weighted by Gasteiger charge is 2.37. The molecule has 0 aromatic carbocycles. The summed E-state index contributed by atoms with van der Waals surface area (Å²) in [4.78, 5) is 0. The molecular formula is C15H30O2. The second kappa shape index (κ2) is 8.10. The summed E-state index contributed by atoms with van der Waals surface area (Å²) in [5.41, 5.74) is 0. The van der Waals surface area contributed by atoms with E-state index in [0.717, 1.165) is 13.0 Å². The maximum atomic E-state index is 10.3. The van der Waals surface area contributed by atoms with Gasteiger partial charge in [-0.25, -0.2) is 0 Å². The molecule has 0 aliphatic heterocycles. The van der Waals surface area contributed by atoms with Gasteiger partial charge in [-0.15, -0.1) is 0 Å². The Kier molecular flexibility index (Phi) is 7.14. The van der Waals surface area contributed by atoms with Gasteiger partial charge in [0.25, 0.3) is 0 Å². The molecule has 1 N–H and O–H groups in total. The second-order valence-electron chi connectivity index (χ2n) is 5.48. The van der Waals surface area contributed by atoms with Gasteiger partial charge in [-0.05, 0) is 38.0 Å². The number of ether oxygens (including phenoxy) is 1. The first kappa shape index (κ1) is 15.0. The Balaban J connectivity index is 2.34. The van der Waals surface area contributed by atoms with Crippen molar-refractivity contribution in [1.29, 1.82) is 0 Å². The highest BCUT2D eigenvalue weighted by Crippen LogP contribution is 2.37. The number of hydrogen-bond donors (Lipinski definition) is 1. The fourth-order valence-electron chi connectivity index (χ4n) is 2.64. The maximum Gasteiger partial charge on any atom is 0.0861 e. The molecule has 0 bridgehead atoms. The van der Waals surface area contributed by atoms with Crippen molar-refractivity contribution >= 4 is 0 Å². The fourth-order valence-corrected chi connectivity index (χ4v) is 2.64. The summed E-state index contributed by atoms with van der Waals surface area (Å²) >= 11 is 0. The summed E-state index contributed by atoms with van der Waals surface area (Å²) in [6.07, 6.45) is 8.25. The minimum atomic E-state index is -0.246. The lowest BCUT2D eigenvalue weighted by atomic mass is 9.90. The van der Waals surface area contributed by atoms with E-state index in [0.29, 0.717) is 11.8 Å². The summed E-state index contributed by atoms with van der Waals surface area (Å²) in [6.45, 7) is 7.22. The summed E-state index contributed by atoms with van der Waals surface area (Å²) in [5.74, 6) is 1.31. The molecule has 0 amide bonds. The van der Waals surface area contributed by atoms with Crippen LogP contribution in [0.25, 0.3) is 0 Å². The molecule has 2 nitrogen and oxygen atoms in total. The van der Waals surface area contributed by atoms with E-state index in [4.69, 9.17) is 4.74 Å².